The quantitative estimate of drug-likeness (QED) is 0.720. The van der Waals surface area contributed by atoms with Crippen molar-refractivity contribution >= 4 is 27.4 Å². The summed E-state index contributed by atoms with van der Waals surface area (Å²) in [5.74, 6) is 0.776. The van der Waals surface area contributed by atoms with Gasteiger partial charge in [0.2, 0.25) is 10.0 Å². The standard InChI is InChI=1S/C20H31N3O3S/c1-2-3-15-27(25,26)22-18-12-10-17(11-13-18)21-20(24)23-14-6-9-19(23)16-7-4-5-8-16/h10-13,16,19,22H,2-9,14-15H2,1H3,(H,21,24). The molecule has 1 unspecified atom stereocenters. The van der Waals surface area contributed by atoms with Crippen LogP contribution in [0.25, 0.3) is 0 Å². The molecule has 2 fully saturated rings. The molecule has 1 aliphatic heterocycles. The Morgan fingerprint density at radius 2 is 1.74 bits per heavy atom. The van der Waals surface area contributed by atoms with E-state index in [0.29, 0.717) is 29.8 Å². The summed E-state index contributed by atoms with van der Waals surface area (Å²) in [6.45, 7) is 2.78. The molecule has 1 saturated heterocycles. The van der Waals surface area contributed by atoms with Crippen molar-refractivity contribution in [1.82, 2.24) is 4.90 Å². The van der Waals surface area contributed by atoms with E-state index in [9.17, 15) is 13.2 Å². The van der Waals surface area contributed by atoms with Gasteiger partial charge in [0.15, 0.2) is 0 Å². The van der Waals surface area contributed by atoms with E-state index in [1.807, 2.05) is 11.8 Å². The molecule has 1 aromatic carbocycles. The summed E-state index contributed by atoms with van der Waals surface area (Å²) in [5, 5.41) is 2.97. The first-order chi connectivity index (χ1) is 13.0. The molecule has 0 bridgehead atoms. The highest BCUT2D eigenvalue weighted by Gasteiger charge is 2.35. The third-order valence-corrected chi connectivity index (χ3v) is 7.05. The van der Waals surface area contributed by atoms with E-state index in [0.717, 1.165) is 25.8 Å². The van der Waals surface area contributed by atoms with Gasteiger partial charge in [0, 0.05) is 24.0 Å². The Hall–Kier alpha value is -1.76. The van der Waals surface area contributed by atoms with Crippen molar-refractivity contribution < 1.29 is 13.2 Å². The van der Waals surface area contributed by atoms with Crippen LogP contribution >= 0.6 is 0 Å². The molecule has 1 atom stereocenters. The number of rotatable bonds is 7. The summed E-state index contributed by atoms with van der Waals surface area (Å²) in [6, 6.07) is 7.21. The number of nitrogens with one attached hydrogen (secondary N) is 2. The number of sulfonamides is 1. The average Bonchev–Trinajstić information content (AvgIpc) is 3.32. The van der Waals surface area contributed by atoms with Gasteiger partial charge in [-0.25, -0.2) is 13.2 Å². The lowest BCUT2D eigenvalue weighted by Crippen LogP contribution is -2.41. The predicted molar refractivity (Wildman–Crippen MR) is 109 cm³/mol. The molecule has 7 heteroatoms. The lowest BCUT2D eigenvalue weighted by molar-refractivity contribution is 0.185. The average molecular weight is 394 g/mol. The van der Waals surface area contributed by atoms with Crippen LogP contribution in [0.3, 0.4) is 0 Å². The van der Waals surface area contributed by atoms with Gasteiger partial charge in [-0.3, -0.25) is 4.72 Å². The lowest BCUT2D eigenvalue weighted by atomic mass is 9.96. The second kappa shape index (κ2) is 8.95. The minimum Gasteiger partial charge on any atom is -0.321 e. The van der Waals surface area contributed by atoms with Crippen LogP contribution in [-0.2, 0) is 10.0 Å². The molecule has 6 nitrogen and oxygen atoms in total. The minimum atomic E-state index is -3.31. The summed E-state index contributed by atoms with van der Waals surface area (Å²) in [5.41, 5.74) is 1.21. The largest absolute Gasteiger partial charge is 0.322 e. The van der Waals surface area contributed by atoms with Crippen LogP contribution in [0.2, 0.25) is 0 Å². The molecule has 2 amide bonds. The summed E-state index contributed by atoms with van der Waals surface area (Å²) >= 11 is 0. The lowest BCUT2D eigenvalue weighted by Gasteiger charge is -2.29. The first-order valence-corrected chi connectivity index (χ1v) is 11.8. The second-order valence-electron chi connectivity index (χ2n) is 7.73. The van der Waals surface area contributed by atoms with Gasteiger partial charge < -0.3 is 10.2 Å². The molecule has 2 N–H and O–H groups in total. The number of anilines is 2. The van der Waals surface area contributed by atoms with Crippen LogP contribution < -0.4 is 10.0 Å². The zero-order valence-electron chi connectivity index (χ0n) is 16.1. The summed E-state index contributed by atoms with van der Waals surface area (Å²) in [6.07, 6.45) is 8.70. The van der Waals surface area contributed by atoms with Gasteiger partial charge in [0.25, 0.3) is 0 Å². The molecule has 150 valence electrons. The fourth-order valence-corrected chi connectivity index (χ4v) is 5.52. The Balaban J connectivity index is 1.56. The number of nitrogens with zero attached hydrogens (tertiary/aromatic N) is 1. The normalized spacial score (nSPS) is 20.8. The molecule has 0 radical (unpaired) electrons. The monoisotopic (exact) mass is 393 g/mol. The van der Waals surface area contributed by atoms with E-state index in [1.54, 1.807) is 24.3 Å². The zero-order valence-corrected chi connectivity index (χ0v) is 16.9. The second-order valence-corrected chi connectivity index (χ2v) is 9.57. The topological polar surface area (TPSA) is 78.5 Å². The molecular weight excluding hydrogens is 362 g/mol. The molecule has 1 aliphatic carbocycles. The van der Waals surface area contributed by atoms with Crippen LogP contribution in [0.4, 0.5) is 16.2 Å². The molecule has 1 saturated carbocycles. The van der Waals surface area contributed by atoms with Crippen molar-refractivity contribution in [2.24, 2.45) is 5.92 Å². The van der Waals surface area contributed by atoms with Crippen LogP contribution in [0.1, 0.15) is 58.3 Å². The maximum absolute atomic E-state index is 12.7. The van der Waals surface area contributed by atoms with Crippen molar-refractivity contribution in [3.05, 3.63) is 24.3 Å². The molecule has 1 aromatic rings. The van der Waals surface area contributed by atoms with Crippen molar-refractivity contribution in [3.63, 3.8) is 0 Å². The van der Waals surface area contributed by atoms with Gasteiger partial charge in [0.05, 0.1) is 5.75 Å². The Morgan fingerprint density at radius 3 is 2.41 bits per heavy atom. The zero-order chi connectivity index (χ0) is 19.3. The number of carbonyl (C=O) groups excluding carboxylic acids is 1. The number of amides is 2. The Morgan fingerprint density at radius 1 is 1.07 bits per heavy atom. The minimum absolute atomic E-state index is 0.0410. The van der Waals surface area contributed by atoms with E-state index in [4.69, 9.17) is 0 Å². The molecule has 2 aliphatic rings. The smallest absolute Gasteiger partial charge is 0.321 e. The van der Waals surface area contributed by atoms with E-state index in [2.05, 4.69) is 10.0 Å². The predicted octanol–water partition coefficient (Wildman–Crippen LogP) is 4.41. The van der Waals surface area contributed by atoms with Crippen molar-refractivity contribution in [2.45, 2.75) is 64.3 Å². The highest BCUT2D eigenvalue weighted by molar-refractivity contribution is 7.92. The van der Waals surface area contributed by atoms with E-state index in [-0.39, 0.29) is 11.8 Å². The number of hydrogen-bond donors (Lipinski definition) is 2. The Kier molecular flexibility index (Phi) is 6.63. The maximum atomic E-state index is 12.7. The highest BCUT2D eigenvalue weighted by Crippen LogP contribution is 2.35. The number of likely N-dealkylation sites (tertiary alicyclic amines) is 1. The number of benzene rings is 1. The van der Waals surface area contributed by atoms with Gasteiger partial charge in [-0.1, -0.05) is 26.2 Å². The summed E-state index contributed by atoms with van der Waals surface area (Å²) < 4.78 is 26.5. The van der Waals surface area contributed by atoms with Gasteiger partial charge in [-0.2, -0.15) is 0 Å². The molecule has 0 spiro atoms. The van der Waals surface area contributed by atoms with E-state index >= 15 is 0 Å². The van der Waals surface area contributed by atoms with Crippen molar-refractivity contribution in [3.8, 4) is 0 Å². The fourth-order valence-electron chi connectivity index (χ4n) is 4.26. The first kappa shape index (κ1) is 20.0. The summed E-state index contributed by atoms with van der Waals surface area (Å²) in [7, 11) is -3.31. The number of carbonyl (C=O) groups is 1. The molecule has 27 heavy (non-hydrogen) atoms. The van der Waals surface area contributed by atoms with Gasteiger partial charge >= 0.3 is 6.03 Å². The Labute approximate surface area is 162 Å². The number of unbranched alkanes of at least 4 members (excludes halogenated alkanes) is 1. The fraction of sp³-hybridized carbons (Fsp3) is 0.650. The first-order valence-electron chi connectivity index (χ1n) is 10.2. The molecule has 0 aromatic heterocycles. The molecule has 1 heterocycles. The SMILES string of the molecule is CCCCS(=O)(=O)Nc1ccc(NC(=O)N2CCCC2C2CCCC2)cc1. The number of hydrogen-bond acceptors (Lipinski definition) is 3. The molecular formula is C20H31N3O3S. The third-order valence-electron chi connectivity index (χ3n) is 5.68. The van der Waals surface area contributed by atoms with Crippen LogP contribution in [0.15, 0.2) is 24.3 Å². The van der Waals surface area contributed by atoms with Gasteiger partial charge in [0.1, 0.15) is 0 Å². The maximum Gasteiger partial charge on any atom is 0.322 e. The van der Waals surface area contributed by atoms with E-state index < -0.39 is 10.0 Å². The van der Waals surface area contributed by atoms with Crippen LogP contribution in [0.5, 0.6) is 0 Å². The summed E-state index contributed by atoms with van der Waals surface area (Å²) in [4.78, 5) is 14.7. The van der Waals surface area contributed by atoms with Gasteiger partial charge in [-0.05, 0) is 62.3 Å². The molecule has 3 rings (SSSR count). The third kappa shape index (κ3) is 5.37. The van der Waals surface area contributed by atoms with E-state index in [1.165, 1.54) is 25.7 Å². The van der Waals surface area contributed by atoms with Crippen LogP contribution in [0, 0.1) is 5.92 Å². The van der Waals surface area contributed by atoms with Gasteiger partial charge in [-0.15, -0.1) is 0 Å². The highest BCUT2D eigenvalue weighted by atomic mass is 32.2. The van der Waals surface area contributed by atoms with Crippen LogP contribution in [-0.4, -0.2) is 37.7 Å². The van der Waals surface area contributed by atoms with Crippen molar-refractivity contribution in [1.29, 1.82) is 0 Å². The number of urea groups is 1. The Bertz CT molecular complexity index is 727. The van der Waals surface area contributed by atoms with Crippen molar-refractivity contribution in [2.75, 3.05) is 22.3 Å².